The van der Waals surface area contributed by atoms with Crippen molar-refractivity contribution in [2.45, 2.75) is 25.4 Å². The van der Waals surface area contributed by atoms with Crippen molar-refractivity contribution in [2.75, 3.05) is 0 Å². The molecule has 1 aliphatic carbocycles. The molecular weight excluding hydrogens is 227 g/mol. The van der Waals surface area contributed by atoms with Crippen molar-refractivity contribution in [1.29, 1.82) is 0 Å². The van der Waals surface area contributed by atoms with Gasteiger partial charge in [-0.2, -0.15) is 0 Å². The van der Waals surface area contributed by atoms with Crippen LogP contribution in [0, 0.1) is 12.7 Å². The van der Waals surface area contributed by atoms with Gasteiger partial charge in [0.15, 0.2) is 0 Å². The van der Waals surface area contributed by atoms with Gasteiger partial charge in [0.25, 0.3) is 0 Å². The first-order valence-corrected chi connectivity index (χ1v) is 6.18. The average Bonchev–Trinajstić information content (AvgIpc) is 2.68. The summed E-state index contributed by atoms with van der Waals surface area (Å²) in [4.78, 5) is 0. The zero-order chi connectivity index (χ0) is 12.8. The molecule has 0 aliphatic heterocycles. The van der Waals surface area contributed by atoms with E-state index in [2.05, 4.69) is 0 Å². The number of hydrogen-bond donors (Lipinski definition) is 1. The van der Waals surface area contributed by atoms with Crippen LogP contribution in [0.25, 0.3) is 0 Å². The number of halogens is 1. The molecule has 2 aromatic rings. The van der Waals surface area contributed by atoms with E-state index in [1.807, 2.05) is 37.3 Å². The second kappa shape index (κ2) is 3.92. The number of aryl methyl sites for hydroxylation is 2. The predicted octanol–water partition coefficient (Wildman–Crippen LogP) is 3.32. The fourth-order valence-corrected chi connectivity index (χ4v) is 2.87. The van der Waals surface area contributed by atoms with Gasteiger partial charge in [-0.05, 0) is 54.2 Å². The summed E-state index contributed by atoms with van der Waals surface area (Å²) in [5, 5.41) is 10.9. The van der Waals surface area contributed by atoms with E-state index in [0.717, 1.165) is 23.1 Å². The second-order valence-corrected chi connectivity index (χ2v) is 5.03. The summed E-state index contributed by atoms with van der Waals surface area (Å²) < 4.78 is 13.5. The van der Waals surface area contributed by atoms with E-state index < -0.39 is 5.60 Å². The lowest BCUT2D eigenvalue weighted by Gasteiger charge is -2.25. The van der Waals surface area contributed by atoms with Crippen LogP contribution in [-0.4, -0.2) is 5.11 Å². The molecule has 0 saturated carbocycles. The van der Waals surface area contributed by atoms with Crippen LogP contribution in [0.2, 0.25) is 0 Å². The van der Waals surface area contributed by atoms with E-state index in [0.29, 0.717) is 12.0 Å². The molecule has 1 atom stereocenters. The van der Waals surface area contributed by atoms with Gasteiger partial charge in [-0.3, -0.25) is 0 Å². The number of fused-ring (bicyclic) bond motifs is 1. The minimum Gasteiger partial charge on any atom is -0.380 e. The molecule has 0 saturated heterocycles. The van der Waals surface area contributed by atoms with Crippen LogP contribution in [0.5, 0.6) is 0 Å². The summed E-state index contributed by atoms with van der Waals surface area (Å²) in [5.74, 6) is -0.289. The molecule has 0 heterocycles. The van der Waals surface area contributed by atoms with E-state index in [9.17, 15) is 9.50 Å². The Morgan fingerprint density at radius 3 is 2.72 bits per heavy atom. The molecule has 3 rings (SSSR count). The molecule has 0 spiro atoms. The van der Waals surface area contributed by atoms with Crippen molar-refractivity contribution in [3.63, 3.8) is 0 Å². The maximum Gasteiger partial charge on any atom is 0.123 e. The third-order valence-corrected chi connectivity index (χ3v) is 3.74. The lowest BCUT2D eigenvalue weighted by molar-refractivity contribution is 0.0825. The number of benzene rings is 2. The van der Waals surface area contributed by atoms with Crippen molar-refractivity contribution >= 4 is 0 Å². The van der Waals surface area contributed by atoms with Gasteiger partial charge in [-0.25, -0.2) is 4.39 Å². The van der Waals surface area contributed by atoms with E-state index in [1.165, 1.54) is 12.1 Å². The fraction of sp³-hybridized carbons (Fsp3) is 0.250. The van der Waals surface area contributed by atoms with Crippen LogP contribution >= 0.6 is 0 Å². The van der Waals surface area contributed by atoms with Crippen LogP contribution in [0.15, 0.2) is 42.5 Å². The molecule has 2 heteroatoms. The summed E-state index contributed by atoms with van der Waals surface area (Å²) in [5.41, 5.74) is 2.52. The Kier molecular flexibility index (Phi) is 2.49. The minimum atomic E-state index is -1.04. The van der Waals surface area contributed by atoms with Gasteiger partial charge < -0.3 is 5.11 Å². The van der Waals surface area contributed by atoms with E-state index in [1.54, 1.807) is 0 Å². The topological polar surface area (TPSA) is 20.2 Å². The molecule has 2 aromatic carbocycles. The monoisotopic (exact) mass is 242 g/mol. The molecule has 1 nitrogen and oxygen atoms in total. The highest BCUT2D eigenvalue weighted by Crippen LogP contribution is 2.42. The quantitative estimate of drug-likeness (QED) is 0.813. The van der Waals surface area contributed by atoms with Gasteiger partial charge in [0.1, 0.15) is 11.4 Å². The van der Waals surface area contributed by atoms with Crippen molar-refractivity contribution in [2.24, 2.45) is 0 Å². The Balaban J connectivity index is 2.17. The summed E-state index contributed by atoms with van der Waals surface area (Å²) in [6, 6.07) is 12.6. The largest absolute Gasteiger partial charge is 0.380 e. The van der Waals surface area contributed by atoms with E-state index in [-0.39, 0.29) is 5.82 Å². The van der Waals surface area contributed by atoms with E-state index in [4.69, 9.17) is 0 Å². The SMILES string of the molecule is Cc1cc(F)cc(C2(O)CCc3ccccc32)c1. The molecule has 0 bridgehead atoms. The van der Waals surface area contributed by atoms with Crippen LogP contribution in [0.1, 0.15) is 28.7 Å². The molecule has 1 aliphatic rings. The normalized spacial score (nSPS) is 21.9. The molecule has 0 aromatic heterocycles. The maximum absolute atomic E-state index is 13.5. The number of hydrogen-bond acceptors (Lipinski definition) is 1. The molecule has 18 heavy (non-hydrogen) atoms. The standard InChI is InChI=1S/C16H15FO/c1-11-8-13(10-14(17)9-11)16(18)7-6-12-4-2-3-5-15(12)16/h2-5,8-10,18H,6-7H2,1H3. The van der Waals surface area contributed by atoms with Crippen LogP contribution in [0.4, 0.5) is 4.39 Å². The predicted molar refractivity (Wildman–Crippen MR) is 68.9 cm³/mol. The van der Waals surface area contributed by atoms with Crippen molar-refractivity contribution < 1.29 is 9.50 Å². The lowest BCUT2D eigenvalue weighted by Crippen LogP contribution is -2.24. The highest BCUT2D eigenvalue weighted by atomic mass is 19.1. The molecule has 0 radical (unpaired) electrons. The van der Waals surface area contributed by atoms with Crippen LogP contribution in [0.3, 0.4) is 0 Å². The zero-order valence-corrected chi connectivity index (χ0v) is 10.3. The molecule has 0 amide bonds. The minimum absolute atomic E-state index is 0.289. The average molecular weight is 242 g/mol. The smallest absolute Gasteiger partial charge is 0.123 e. The van der Waals surface area contributed by atoms with Crippen molar-refractivity contribution in [3.8, 4) is 0 Å². The van der Waals surface area contributed by atoms with E-state index >= 15 is 0 Å². The van der Waals surface area contributed by atoms with Crippen molar-refractivity contribution in [1.82, 2.24) is 0 Å². The van der Waals surface area contributed by atoms with Gasteiger partial charge in [0.05, 0.1) is 0 Å². The van der Waals surface area contributed by atoms with Crippen LogP contribution < -0.4 is 0 Å². The van der Waals surface area contributed by atoms with Gasteiger partial charge >= 0.3 is 0 Å². The zero-order valence-electron chi connectivity index (χ0n) is 10.3. The molecule has 1 N–H and O–H groups in total. The van der Waals surface area contributed by atoms with Gasteiger partial charge in [0, 0.05) is 0 Å². The van der Waals surface area contributed by atoms with Gasteiger partial charge in [-0.15, -0.1) is 0 Å². The summed E-state index contributed by atoms with van der Waals surface area (Å²) in [7, 11) is 0. The first-order chi connectivity index (χ1) is 8.59. The summed E-state index contributed by atoms with van der Waals surface area (Å²) >= 11 is 0. The van der Waals surface area contributed by atoms with Gasteiger partial charge in [0.2, 0.25) is 0 Å². The van der Waals surface area contributed by atoms with Crippen molar-refractivity contribution in [3.05, 3.63) is 70.5 Å². The molecular formula is C16H15FO. The Hall–Kier alpha value is -1.67. The fourth-order valence-electron chi connectivity index (χ4n) is 2.87. The third kappa shape index (κ3) is 1.65. The Morgan fingerprint density at radius 2 is 1.94 bits per heavy atom. The summed E-state index contributed by atoms with van der Waals surface area (Å²) in [6.07, 6.45) is 1.46. The highest BCUT2D eigenvalue weighted by Gasteiger charge is 2.38. The first kappa shape index (κ1) is 11.4. The Labute approximate surface area is 106 Å². The van der Waals surface area contributed by atoms with Crippen LogP contribution in [-0.2, 0) is 12.0 Å². The number of rotatable bonds is 1. The Morgan fingerprint density at radius 1 is 1.17 bits per heavy atom. The van der Waals surface area contributed by atoms with Gasteiger partial charge in [-0.1, -0.05) is 30.3 Å². The number of aliphatic hydroxyl groups is 1. The maximum atomic E-state index is 13.5. The molecule has 1 unspecified atom stereocenters. The first-order valence-electron chi connectivity index (χ1n) is 6.18. The lowest BCUT2D eigenvalue weighted by atomic mass is 9.87. The summed E-state index contributed by atoms with van der Waals surface area (Å²) in [6.45, 7) is 1.84. The molecule has 0 fully saturated rings. The molecule has 92 valence electrons. The third-order valence-electron chi connectivity index (χ3n) is 3.74. The highest BCUT2D eigenvalue weighted by molar-refractivity contribution is 5.45. The second-order valence-electron chi connectivity index (χ2n) is 5.03. The Bertz CT molecular complexity index is 586.